The second kappa shape index (κ2) is 4.94. The number of rotatable bonds is 3. The summed E-state index contributed by atoms with van der Waals surface area (Å²) < 4.78 is 5.47. The van der Waals surface area contributed by atoms with Crippen LogP contribution >= 0.6 is 0 Å². The normalized spacial score (nSPS) is 18.6. The number of aryl methyl sites for hydroxylation is 2. The highest BCUT2D eigenvalue weighted by molar-refractivity contribution is 5.30. The average molecular weight is 242 g/mol. The second-order valence-corrected chi connectivity index (χ2v) is 4.95. The highest BCUT2D eigenvalue weighted by atomic mass is 16.4. The van der Waals surface area contributed by atoms with E-state index in [4.69, 9.17) is 4.42 Å². The molecule has 1 atom stereocenters. The van der Waals surface area contributed by atoms with Gasteiger partial charge in [-0.05, 0) is 37.3 Å². The Bertz CT molecular complexity index is 533. The van der Waals surface area contributed by atoms with E-state index in [9.17, 15) is 0 Å². The molecule has 18 heavy (non-hydrogen) atoms. The van der Waals surface area contributed by atoms with Gasteiger partial charge in [0.2, 0.25) is 5.89 Å². The molecule has 0 bridgehead atoms. The maximum Gasteiger partial charge on any atom is 0.208 e. The topological polar surface area (TPSA) is 38.1 Å². The molecule has 0 saturated heterocycles. The molecule has 1 aromatic carbocycles. The first-order chi connectivity index (χ1) is 8.81. The molecule has 2 aromatic rings. The number of fused-ring (bicyclic) bond motifs is 1. The van der Waals surface area contributed by atoms with Gasteiger partial charge in [0.1, 0.15) is 5.76 Å². The van der Waals surface area contributed by atoms with Crippen molar-refractivity contribution in [3.8, 4) is 0 Å². The Morgan fingerprint density at radius 2 is 2.17 bits per heavy atom. The molecule has 3 rings (SSSR count). The fraction of sp³-hybridized carbons (Fsp3) is 0.400. The van der Waals surface area contributed by atoms with E-state index in [1.165, 1.54) is 24.0 Å². The van der Waals surface area contributed by atoms with Gasteiger partial charge in [0.05, 0.1) is 12.7 Å². The molecule has 1 aliphatic carbocycles. The first-order valence-corrected chi connectivity index (χ1v) is 6.53. The van der Waals surface area contributed by atoms with Crippen LogP contribution in [-0.4, -0.2) is 11.0 Å². The first kappa shape index (κ1) is 11.5. The molecule has 3 nitrogen and oxygen atoms in total. The van der Waals surface area contributed by atoms with Gasteiger partial charge < -0.3 is 9.73 Å². The maximum absolute atomic E-state index is 5.47. The molecule has 1 N–H and O–H groups in total. The van der Waals surface area contributed by atoms with Crippen LogP contribution in [0.1, 0.15) is 29.2 Å². The van der Waals surface area contributed by atoms with E-state index < -0.39 is 0 Å². The van der Waals surface area contributed by atoms with Gasteiger partial charge in [-0.2, -0.15) is 0 Å². The minimum atomic E-state index is 0.534. The van der Waals surface area contributed by atoms with Crippen LogP contribution in [0.25, 0.3) is 0 Å². The van der Waals surface area contributed by atoms with Crippen molar-refractivity contribution < 1.29 is 4.42 Å². The van der Waals surface area contributed by atoms with Crippen molar-refractivity contribution >= 4 is 0 Å². The number of oxazole rings is 1. The zero-order valence-corrected chi connectivity index (χ0v) is 10.6. The molecule has 1 aliphatic rings. The van der Waals surface area contributed by atoms with Crippen molar-refractivity contribution in [3.63, 3.8) is 0 Å². The third-order valence-corrected chi connectivity index (χ3v) is 3.56. The maximum atomic E-state index is 5.47. The highest BCUT2D eigenvalue weighted by Gasteiger charge is 2.18. The van der Waals surface area contributed by atoms with E-state index in [1.807, 2.05) is 6.92 Å². The molecule has 3 heteroatoms. The number of hydrogen-bond donors (Lipinski definition) is 1. The Kier molecular flexibility index (Phi) is 3.15. The minimum Gasteiger partial charge on any atom is -0.445 e. The summed E-state index contributed by atoms with van der Waals surface area (Å²) >= 11 is 0. The van der Waals surface area contributed by atoms with Crippen molar-refractivity contribution in [3.05, 3.63) is 53.2 Å². The number of nitrogens with one attached hydrogen (secondary N) is 1. The zero-order valence-electron chi connectivity index (χ0n) is 10.6. The molecule has 1 unspecified atom stereocenters. The lowest BCUT2D eigenvalue weighted by atomic mass is 9.88. The quantitative estimate of drug-likeness (QED) is 0.899. The summed E-state index contributed by atoms with van der Waals surface area (Å²) in [6.45, 7) is 2.65. The Hall–Kier alpha value is -1.61. The number of hydrogen-bond acceptors (Lipinski definition) is 3. The van der Waals surface area contributed by atoms with Gasteiger partial charge in [-0.15, -0.1) is 0 Å². The van der Waals surface area contributed by atoms with Crippen LogP contribution in [0.5, 0.6) is 0 Å². The molecule has 0 fully saturated rings. The van der Waals surface area contributed by atoms with E-state index in [0.29, 0.717) is 6.04 Å². The SMILES string of the molecule is Cc1cnc(CNC2CCc3ccccc3C2)o1. The van der Waals surface area contributed by atoms with Crippen LogP contribution in [0.3, 0.4) is 0 Å². The summed E-state index contributed by atoms with van der Waals surface area (Å²) in [5.41, 5.74) is 2.98. The van der Waals surface area contributed by atoms with Gasteiger partial charge in [-0.1, -0.05) is 24.3 Å². The molecule has 1 heterocycles. The monoisotopic (exact) mass is 242 g/mol. The zero-order chi connectivity index (χ0) is 12.4. The van der Waals surface area contributed by atoms with Gasteiger partial charge in [0, 0.05) is 6.04 Å². The van der Waals surface area contributed by atoms with E-state index in [1.54, 1.807) is 6.20 Å². The lowest BCUT2D eigenvalue weighted by Crippen LogP contribution is -2.34. The van der Waals surface area contributed by atoms with Gasteiger partial charge in [0.25, 0.3) is 0 Å². The van der Waals surface area contributed by atoms with Crippen molar-refractivity contribution in [1.29, 1.82) is 0 Å². The van der Waals surface area contributed by atoms with Crippen LogP contribution < -0.4 is 5.32 Å². The van der Waals surface area contributed by atoms with Crippen LogP contribution in [0.2, 0.25) is 0 Å². The van der Waals surface area contributed by atoms with Crippen LogP contribution in [0.4, 0.5) is 0 Å². The Balaban J connectivity index is 1.59. The van der Waals surface area contributed by atoms with E-state index in [0.717, 1.165) is 24.6 Å². The largest absolute Gasteiger partial charge is 0.445 e. The lowest BCUT2D eigenvalue weighted by molar-refractivity contribution is 0.400. The van der Waals surface area contributed by atoms with Crippen molar-refractivity contribution in [2.24, 2.45) is 0 Å². The van der Waals surface area contributed by atoms with Crippen molar-refractivity contribution in [1.82, 2.24) is 10.3 Å². The van der Waals surface area contributed by atoms with Gasteiger partial charge in [-0.3, -0.25) is 0 Å². The third kappa shape index (κ3) is 2.46. The van der Waals surface area contributed by atoms with E-state index in [2.05, 4.69) is 34.6 Å². The fourth-order valence-corrected chi connectivity index (χ4v) is 2.59. The minimum absolute atomic E-state index is 0.534. The predicted molar refractivity (Wildman–Crippen MR) is 70.3 cm³/mol. The standard InChI is InChI=1S/C15H18N2O/c1-11-9-17-15(18-11)10-16-14-7-6-12-4-2-3-5-13(12)8-14/h2-5,9,14,16H,6-8,10H2,1H3. The van der Waals surface area contributed by atoms with Gasteiger partial charge in [0.15, 0.2) is 0 Å². The lowest BCUT2D eigenvalue weighted by Gasteiger charge is -2.25. The Labute approximate surface area is 107 Å². The molecule has 94 valence electrons. The second-order valence-electron chi connectivity index (χ2n) is 4.95. The summed E-state index contributed by atoms with van der Waals surface area (Å²) in [7, 11) is 0. The van der Waals surface area contributed by atoms with E-state index in [-0.39, 0.29) is 0 Å². The molecule has 0 spiro atoms. The average Bonchev–Trinajstić information content (AvgIpc) is 2.82. The molecule has 0 amide bonds. The molecular formula is C15H18N2O. The smallest absolute Gasteiger partial charge is 0.208 e. The highest BCUT2D eigenvalue weighted by Crippen LogP contribution is 2.21. The van der Waals surface area contributed by atoms with Crippen LogP contribution in [0, 0.1) is 6.92 Å². The van der Waals surface area contributed by atoms with Gasteiger partial charge in [-0.25, -0.2) is 4.98 Å². The fourth-order valence-electron chi connectivity index (χ4n) is 2.59. The van der Waals surface area contributed by atoms with Crippen molar-refractivity contribution in [2.45, 2.75) is 38.8 Å². The van der Waals surface area contributed by atoms with Crippen LogP contribution in [0.15, 0.2) is 34.9 Å². The molecule has 0 aliphatic heterocycles. The van der Waals surface area contributed by atoms with E-state index >= 15 is 0 Å². The summed E-state index contributed by atoms with van der Waals surface area (Å²) in [6.07, 6.45) is 5.23. The summed E-state index contributed by atoms with van der Waals surface area (Å²) in [5, 5.41) is 3.54. The van der Waals surface area contributed by atoms with Crippen molar-refractivity contribution in [2.75, 3.05) is 0 Å². The Morgan fingerprint density at radius 1 is 1.33 bits per heavy atom. The molecule has 1 aromatic heterocycles. The first-order valence-electron chi connectivity index (χ1n) is 6.53. The molecular weight excluding hydrogens is 224 g/mol. The summed E-state index contributed by atoms with van der Waals surface area (Å²) in [4.78, 5) is 4.22. The third-order valence-electron chi connectivity index (χ3n) is 3.56. The number of nitrogens with zero attached hydrogens (tertiary/aromatic N) is 1. The number of benzene rings is 1. The molecule has 0 radical (unpaired) electrons. The predicted octanol–water partition coefficient (Wildman–Crippen LogP) is 2.63. The summed E-state index contributed by atoms with van der Waals surface area (Å²) in [5.74, 6) is 1.66. The summed E-state index contributed by atoms with van der Waals surface area (Å²) in [6, 6.07) is 9.26. The van der Waals surface area contributed by atoms with Gasteiger partial charge >= 0.3 is 0 Å². The Morgan fingerprint density at radius 3 is 2.94 bits per heavy atom. The van der Waals surface area contributed by atoms with Crippen LogP contribution in [-0.2, 0) is 19.4 Å². The molecule has 0 saturated carbocycles. The number of aromatic nitrogens is 1.